The zero-order chi connectivity index (χ0) is 8.85. The van der Waals surface area contributed by atoms with Gasteiger partial charge in [-0.25, -0.2) is 8.78 Å². The fraction of sp³-hybridized carbons (Fsp3) is 1.00. The standard InChI is InChI=1S/C8H15ClF2/c1-6(3-7(2)10)4-8(11)5-9/h6-8H,3-5H2,1-2H3. The molecule has 0 aliphatic carbocycles. The highest BCUT2D eigenvalue weighted by Gasteiger charge is 2.13. The van der Waals surface area contributed by atoms with Crippen LogP contribution in [-0.2, 0) is 0 Å². The van der Waals surface area contributed by atoms with Gasteiger partial charge in [-0.05, 0) is 25.7 Å². The van der Waals surface area contributed by atoms with E-state index in [0.29, 0.717) is 12.8 Å². The Hall–Kier alpha value is 0.150. The Morgan fingerprint density at radius 3 is 2.09 bits per heavy atom. The lowest BCUT2D eigenvalue weighted by Gasteiger charge is -2.13. The lowest BCUT2D eigenvalue weighted by Crippen LogP contribution is -2.11. The fourth-order valence-electron chi connectivity index (χ4n) is 1.15. The first-order valence-electron chi connectivity index (χ1n) is 3.90. The van der Waals surface area contributed by atoms with Crippen LogP contribution in [0.2, 0.25) is 0 Å². The van der Waals surface area contributed by atoms with E-state index in [1.165, 1.54) is 6.92 Å². The minimum Gasteiger partial charge on any atom is -0.248 e. The van der Waals surface area contributed by atoms with Crippen molar-refractivity contribution in [2.45, 2.75) is 39.0 Å². The summed E-state index contributed by atoms with van der Waals surface area (Å²) in [5, 5.41) is 0. The van der Waals surface area contributed by atoms with Crippen molar-refractivity contribution in [1.82, 2.24) is 0 Å². The highest BCUT2D eigenvalue weighted by molar-refractivity contribution is 6.18. The third-order valence-corrected chi connectivity index (χ3v) is 1.89. The Labute approximate surface area is 71.9 Å². The third kappa shape index (κ3) is 6.54. The van der Waals surface area contributed by atoms with Crippen LogP contribution in [0.5, 0.6) is 0 Å². The van der Waals surface area contributed by atoms with Gasteiger partial charge in [0.1, 0.15) is 6.17 Å². The van der Waals surface area contributed by atoms with Gasteiger partial charge in [-0.2, -0.15) is 0 Å². The predicted molar refractivity (Wildman–Crippen MR) is 44.6 cm³/mol. The quantitative estimate of drug-likeness (QED) is 0.575. The summed E-state index contributed by atoms with van der Waals surface area (Å²) in [5.74, 6) is 0.106. The molecule has 0 spiro atoms. The average Bonchev–Trinajstić information content (AvgIpc) is 1.85. The number of rotatable bonds is 5. The number of alkyl halides is 3. The molecule has 0 heterocycles. The van der Waals surface area contributed by atoms with E-state index in [0.717, 1.165) is 0 Å². The third-order valence-electron chi connectivity index (χ3n) is 1.55. The van der Waals surface area contributed by atoms with Crippen LogP contribution in [0.25, 0.3) is 0 Å². The van der Waals surface area contributed by atoms with Crippen LogP contribution >= 0.6 is 11.6 Å². The first kappa shape index (κ1) is 11.2. The Bertz CT molecular complexity index is 96.1. The van der Waals surface area contributed by atoms with Crippen molar-refractivity contribution in [2.75, 3.05) is 5.88 Å². The topological polar surface area (TPSA) is 0 Å². The van der Waals surface area contributed by atoms with Crippen LogP contribution in [0.15, 0.2) is 0 Å². The molecular weight excluding hydrogens is 170 g/mol. The molecule has 0 aliphatic heterocycles. The van der Waals surface area contributed by atoms with Crippen molar-refractivity contribution in [1.29, 1.82) is 0 Å². The molecule has 0 nitrogen and oxygen atoms in total. The van der Waals surface area contributed by atoms with Gasteiger partial charge in [0.05, 0.1) is 12.1 Å². The summed E-state index contributed by atoms with van der Waals surface area (Å²) in [6.45, 7) is 3.33. The van der Waals surface area contributed by atoms with Gasteiger partial charge in [0.2, 0.25) is 0 Å². The van der Waals surface area contributed by atoms with Crippen molar-refractivity contribution in [3.05, 3.63) is 0 Å². The van der Waals surface area contributed by atoms with Gasteiger partial charge < -0.3 is 0 Å². The van der Waals surface area contributed by atoms with E-state index in [1.54, 1.807) is 0 Å². The minimum atomic E-state index is -0.981. The molecule has 0 radical (unpaired) electrons. The first-order valence-corrected chi connectivity index (χ1v) is 4.43. The van der Waals surface area contributed by atoms with Crippen LogP contribution < -0.4 is 0 Å². The van der Waals surface area contributed by atoms with Crippen LogP contribution in [-0.4, -0.2) is 18.2 Å². The van der Waals surface area contributed by atoms with Crippen LogP contribution in [0.1, 0.15) is 26.7 Å². The van der Waals surface area contributed by atoms with E-state index < -0.39 is 12.3 Å². The highest BCUT2D eigenvalue weighted by atomic mass is 35.5. The molecule has 0 N–H and O–H groups in total. The normalized spacial score (nSPS) is 19.4. The summed E-state index contributed by atoms with van der Waals surface area (Å²) in [5.41, 5.74) is 0. The predicted octanol–water partition coefficient (Wildman–Crippen LogP) is 3.34. The van der Waals surface area contributed by atoms with E-state index >= 15 is 0 Å². The fourth-order valence-corrected chi connectivity index (χ4v) is 1.28. The molecule has 0 saturated carbocycles. The molecule has 0 rings (SSSR count). The van der Waals surface area contributed by atoms with Gasteiger partial charge in [0, 0.05) is 0 Å². The second-order valence-corrected chi connectivity index (χ2v) is 3.42. The second kappa shape index (κ2) is 5.76. The molecule has 68 valence electrons. The summed E-state index contributed by atoms with van der Waals surface area (Å²) in [6, 6.07) is 0. The summed E-state index contributed by atoms with van der Waals surface area (Å²) < 4.78 is 24.9. The molecule has 3 unspecified atom stereocenters. The number of hydrogen-bond donors (Lipinski definition) is 0. The summed E-state index contributed by atoms with van der Waals surface area (Å²) in [7, 11) is 0. The van der Waals surface area contributed by atoms with Gasteiger partial charge in [-0.1, -0.05) is 6.92 Å². The van der Waals surface area contributed by atoms with Crippen molar-refractivity contribution in [3.8, 4) is 0 Å². The van der Waals surface area contributed by atoms with Gasteiger partial charge in [0.15, 0.2) is 0 Å². The molecule has 3 atom stereocenters. The number of hydrogen-bond acceptors (Lipinski definition) is 0. The highest BCUT2D eigenvalue weighted by Crippen LogP contribution is 2.16. The van der Waals surface area contributed by atoms with Crippen molar-refractivity contribution in [3.63, 3.8) is 0 Å². The molecule has 0 amide bonds. The Morgan fingerprint density at radius 1 is 1.18 bits per heavy atom. The Kier molecular flexibility index (Phi) is 5.83. The summed E-state index contributed by atoms with van der Waals surface area (Å²) in [4.78, 5) is 0. The summed E-state index contributed by atoms with van der Waals surface area (Å²) in [6.07, 6.45) is -1.02. The van der Waals surface area contributed by atoms with Crippen molar-refractivity contribution >= 4 is 11.6 Å². The molecule has 0 aromatic rings. The van der Waals surface area contributed by atoms with E-state index in [1.807, 2.05) is 6.92 Å². The van der Waals surface area contributed by atoms with Gasteiger partial charge in [-0.15, -0.1) is 11.6 Å². The lowest BCUT2D eigenvalue weighted by molar-refractivity contribution is 0.244. The van der Waals surface area contributed by atoms with Gasteiger partial charge in [0.25, 0.3) is 0 Å². The van der Waals surface area contributed by atoms with Crippen LogP contribution in [0, 0.1) is 5.92 Å². The monoisotopic (exact) mass is 184 g/mol. The molecule has 11 heavy (non-hydrogen) atoms. The zero-order valence-corrected chi connectivity index (χ0v) is 7.74. The van der Waals surface area contributed by atoms with Crippen molar-refractivity contribution < 1.29 is 8.78 Å². The largest absolute Gasteiger partial charge is 0.248 e. The molecule has 0 aromatic carbocycles. The van der Waals surface area contributed by atoms with Gasteiger partial charge in [-0.3, -0.25) is 0 Å². The maximum absolute atomic E-state index is 12.6. The lowest BCUT2D eigenvalue weighted by atomic mass is 9.99. The van der Waals surface area contributed by atoms with Crippen LogP contribution in [0.4, 0.5) is 8.78 Å². The molecule has 0 bridgehead atoms. The Balaban J connectivity index is 3.43. The molecule has 3 heteroatoms. The van der Waals surface area contributed by atoms with E-state index in [-0.39, 0.29) is 11.8 Å². The summed E-state index contributed by atoms with van der Waals surface area (Å²) >= 11 is 5.26. The molecule has 0 aromatic heterocycles. The van der Waals surface area contributed by atoms with Gasteiger partial charge >= 0.3 is 0 Å². The maximum atomic E-state index is 12.6. The smallest absolute Gasteiger partial charge is 0.114 e. The second-order valence-electron chi connectivity index (χ2n) is 3.11. The van der Waals surface area contributed by atoms with E-state index in [2.05, 4.69) is 0 Å². The van der Waals surface area contributed by atoms with E-state index in [4.69, 9.17) is 11.6 Å². The Morgan fingerprint density at radius 2 is 1.73 bits per heavy atom. The first-order chi connectivity index (χ1) is 5.06. The molecule has 0 fully saturated rings. The maximum Gasteiger partial charge on any atom is 0.114 e. The van der Waals surface area contributed by atoms with Crippen molar-refractivity contribution in [2.24, 2.45) is 5.92 Å². The zero-order valence-electron chi connectivity index (χ0n) is 6.99. The molecule has 0 saturated heterocycles. The molecule has 0 aliphatic rings. The minimum absolute atomic E-state index is 0.0189. The SMILES string of the molecule is CC(F)CC(C)CC(F)CCl. The number of halogens is 3. The molecular formula is C8H15ClF2. The average molecular weight is 185 g/mol. The van der Waals surface area contributed by atoms with E-state index in [9.17, 15) is 8.78 Å². The van der Waals surface area contributed by atoms with Crippen LogP contribution in [0.3, 0.4) is 0 Å².